The fraction of sp³-hybridized carbons (Fsp3) is 0.588. The molecule has 1 saturated heterocycles. The lowest BCUT2D eigenvalue weighted by atomic mass is 10.0. The second-order valence-corrected chi connectivity index (χ2v) is 7.04. The second kappa shape index (κ2) is 7.07. The monoisotopic (exact) mass is 335 g/mol. The minimum absolute atomic E-state index is 0.152. The van der Waals surface area contributed by atoms with Crippen molar-refractivity contribution in [1.29, 1.82) is 0 Å². The molecule has 0 unspecified atom stereocenters. The number of nitrogens with one attached hydrogen (secondary N) is 1. The van der Waals surface area contributed by atoms with Gasteiger partial charge in [-0.05, 0) is 46.1 Å². The Kier molecular flexibility index (Phi) is 5.31. The molecule has 1 atom stereocenters. The number of nitrogens with zero attached hydrogens (tertiary/aromatic N) is 2. The summed E-state index contributed by atoms with van der Waals surface area (Å²) in [6.07, 6.45) is 3.41. The standard InChI is InChI=1S/C17H25N3O4/c1-17(2,3)24-16(23)20-10-6-5-7-13(20)15(22)18-12-8-9-14(21)19(4)11-12/h8-9,11,13H,5-7,10H2,1-4H3,(H,18,22)/t13-/m1/s1. The topological polar surface area (TPSA) is 80.6 Å². The molecule has 2 rings (SSSR count). The van der Waals surface area contributed by atoms with Crippen molar-refractivity contribution < 1.29 is 14.3 Å². The lowest BCUT2D eigenvalue weighted by molar-refractivity contribution is -0.122. The van der Waals surface area contributed by atoms with E-state index in [0.29, 0.717) is 18.7 Å². The molecule has 0 aromatic carbocycles. The number of ether oxygens (including phenoxy) is 1. The molecule has 2 heterocycles. The van der Waals surface area contributed by atoms with Gasteiger partial charge in [0.25, 0.3) is 0 Å². The number of hydrogen-bond donors (Lipinski definition) is 1. The highest BCUT2D eigenvalue weighted by molar-refractivity contribution is 5.96. The zero-order chi connectivity index (χ0) is 17.9. The first-order valence-electron chi connectivity index (χ1n) is 8.14. The van der Waals surface area contributed by atoms with Crippen LogP contribution in [0, 0.1) is 0 Å². The van der Waals surface area contributed by atoms with E-state index in [2.05, 4.69) is 5.32 Å². The molecule has 7 nitrogen and oxygen atoms in total. The first-order valence-corrected chi connectivity index (χ1v) is 8.14. The van der Waals surface area contributed by atoms with Gasteiger partial charge in [0.05, 0.1) is 5.69 Å². The molecule has 1 fully saturated rings. The summed E-state index contributed by atoms with van der Waals surface area (Å²) in [7, 11) is 1.62. The Labute approximate surface area is 141 Å². The van der Waals surface area contributed by atoms with E-state index in [1.807, 2.05) is 0 Å². The number of hydrogen-bond acceptors (Lipinski definition) is 4. The van der Waals surface area contributed by atoms with Crippen molar-refractivity contribution in [3.63, 3.8) is 0 Å². The number of amides is 2. The van der Waals surface area contributed by atoms with Crippen LogP contribution in [0.1, 0.15) is 40.0 Å². The van der Waals surface area contributed by atoms with E-state index in [-0.39, 0.29) is 11.5 Å². The highest BCUT2D eigenvalue weighted by Gasteiger charge is 2.34. The number of carbonyl (C=O) groups is 2. The summed E-state index contributed by atoms with van der Waals surface area (Å²) in [4.78, 5) is 37.9. The van der Waals surface area contributed by atoms with E-state index < -0.39 is 17.7 Å². The number of piperidine rings is 1. The van der Waals surface area contributed by atoms with Crippen LogP contribution in [0.25, 0.3) is 0 Å². The van der Waals surface area contributed by atoms with Crippen molar-refractivity contribution in [2.24, 2.45) is 7.05 Å². The molecule has 0 radical (unpaired) electrons. The molecule has 0 aliphatic carbocycles. The zero-order valence-corrected chi connectivity index (χ0v) is 14.7. The van der Waals surface area contributed by atoms with Crippen LogP contribution in [0.2, 0.25) is 0 Å². The lowest BCUT2D eigenvalue weighted by Gasteiger charge is -2.35. The Morgan fingerprint density at radius 1 is 1.25 bits per heavy atom. The summed E-state index contributed by atoms with van der Waals surface area (Å²) in [6.45, 7) is 5.90. The molecular weight excluding hydrogens is 310 g/mol. The van der Waals surface area contributed by atoms with Gasteiger partial charge in [-0.1, -0.05) is 0 Å². The Bertz CT molecular complexity index is 675. The molecule has 1 aliphatic heterocycles. The maximum atomic E-state index is 12.6. The van der Waals surface area contributed by atoms with Gasteiger partial charge >= 0.3 is 6.09 Å². The van der Waals surface area contributed by atoms with E-state index in [0.717, 1.165) is 12.8 Å². The molecular formula is C17H25N3O4. The van der Waals surface area contributed by atoms with Crippen LogP contribution in [0.4, 0.5) is 10.5 Å². The molecule has 1 aromatic heterocycles. The first-order chi connectivity index (χ1) is 11.2. The molecule has 7 heteroatoms. The summed E-state index contributed by atoms with van der Waals surface area (Å²) in [6, 6.07) is 2.38. The Balaban J connectivity index is 2.11. The van der Waals surface area contributed by atoms with Gasteiger partial charge < -0.3 is 14.6 Å². The van der Waals surface area contributed by atoms with E-state index in [4.69, 9.17) is 4.74 Å². The van der Waals surface area contributed by atoms with Crippen LogP contribution in [-0.2, 0) is 16.6 Å². The third-order valence-electron chi connectivity index (χ3n) is 3.79. The number of aryl methyl sites for hydroxylation is 1. The summed E-state index contributed by atoms with van der Waals surface area (Å²) < 4.78 is 6.80. The third kappa shape index (κ3) is 4.59. The van der Waals surface area contributed by atoms with E-state index >= 15 is 0 Å². The van der Waals surface area contributed by atoms with Crippen molar-refractivity contribution in [2.45, 2.75) is 51.7 Å². The SMILES string of the molecule is Cn1cc(NC(=O)[C@H]2CCCCN2C(=O)OC(C)(C)C)ccc1=O. The normalized spacial score (nSPS) is 18.2. The third-order valence-corrected chi connectivity index (χ3v) is 3.79. The van der Waals surface area contributed by atoms with Crippen LogP contribution >= 0.6 is 0 Å². The van der Waals surface area contributed by atoms with Gasteiger partial charge in [-0.3, -0.25) is 14.5 Å². The largest absolute Gasteiger partial charge is 0.444 e. The predicted molar refractivity (Wildman–Crippen MR) is 90.9 cm³/mol. The smallest absolute Gasteiger partial charge is 0.410 e. The number of pyridine rings is 1. The van der Waals surface area contributed by atoms with Gasteiger partial charge in [0.2, 0.25) is 11.5 Å². The molecule has 0 bridgehead atoms. The average Bonchev–Trinajstić information content (AvgIpc) is 2.49. The zero-order valence-electron chi connectivity index (χ0n) is 14.7. The summed E-state index contributed by atoms with van der Waals surface area (Å²) in [5.41, 5.74) is -0.231. The number of likely N-dealkylation sites (tertiary alicyclic amines) is 1. The van der Waals surface area contributed by atoms with Gasteiger partial charge in [-0.2, -0.15) is 0 Å². The molecule has 132 valence electrons. The fourth-order valence-corrected chi connectivity index (χ4v) is 2.64. The molecule has 24 heavy (non-hydrogen) atoms. The first kappa shape index (κ1) is 18.0. The van der Waals surface area contributed by atoms with Crippen LogP contribution in [0.5, 0.6) is 0 Å². The van der Waals surface area contributed by atoms with E-state index in [9.17, 15) is 14.4 Å². The number of rotatable bonds is 2. The van der Waals surface area contributed by atoms with Gasteiger partial charge in [0.15, 0.2) is 0 Å². The fourth-order valence-electron chi connectivity index (χ4n) is 2.64. The van der Waals surface area contributed by atoms with Crippen molar-refractivity contribution in [3.8, 4) is 0 Å². The van der Waals surface area contributed by atoms with Gasteiger partial charge in [-0.15, -0.1) is 0 Å². The molecule has 0 saturated carbocycles. The molecule has 1 aliphatic rings. The Hall–Kier alpha value is -2.31. The number of anilines is 1. The number of aromatic nitrogens is 1. The van der Waals surface area contributed by atoms with Gasteiger partial charge in [0.1, 0.15) is 11.6 Å². The van der Waals surface area contributed by atoms with Crippen molar-refractivity contribution in [3.05, 3.63) is 28.7 Å². The van der Waals surface area contributed by atoms with Crippen molar-refractivity contribution >= 4 is 17.7 Å². The van der Waals surface area contributed by atoms with Crippen LogP contribution < -0.4 is 10.9 Å². The Morgan fingerprint density at radius 2 is 1.96 bits per heavy atom. The molecule has 1 N–H and O–H groups in total. The minimum Gasteiger partial charge on any atom is -0.444 e. The minimum atomic E-state index is -0.604. The van der Waals surface area contributed by atoms with Crippen molar-refractivity contribution in [1.82, 2.24) is 9.47 Å². The molecule has 1 aromatic rings. The van der Waals surface area contributed by atoms with Crippen LogP contribution in [-0.4, -0.2) is 39.7 Å². The summed E-state index contributed by atoms with van der Waals surface area (Å²) in [5.74, 6) is -0.265. The maximum absolute atomic E-state index is 12.6. The molecule has 0 spiro atoms. The second-order valence-electron chi connectivity index (χ2n) is 7.04. The lowest BCUT2D eigenvalue weighted by Crippen LogP contribution is -2.51. The number of carbonyl (C=O) groups excluding carboxylic acids is 2. The van der Waals surface area contributed by atoms with Crippen LogP contribution in [0.3, 0.4) is 0 Å². The maximum Gasteiger partial charge on any atom is 0.410 e. The highest BCUT2D eigenvalue weighted by atomic mass is 16.6. The van der Waals surface area contributed by atoms with Gasteiger partial charge in [0, 0.05) is 25.9 Å². The highest BCUT2D eigenvalue weighted by Crippen LogP contribution is 2.21. The summed E-state index contributed by atoms with van der Waals surface area (Å²) >= 11 is 0. The van der Waals surface area contributed by atoms with E-state index in [1.165, 1.54) is 15.5 Å². The quantitative estimate of drug-likeness (QED) is 0.897. The van der Waals surface area contributed by atoms with E-state index in [1.54, 1.807) is 40.1 Å². The molecule has 2 amide bonds. The van der Waals surface area contributed by atoms with Crippen molar-refractivity contribution in [2.75, 3.05) is 11.9 Å². The van der Waals surface area contributed by atoms with Gasteiger partial charge in [-0.25, -0.2) is 4.79 Å². The average molecular weight is 335 g/mol. The predicted octanol–water partition coefficient (Wildman–Crippen LogP) is 2.11. The summed E-state index contributed by atoms with van der Waals surface area (Å²) in [5, 5.41) is 2.78. The van der Waals surface area contributed by atoms with Crippen LogP contribution in [0.15, 0.2) is 23.1 Å². The Morgan fingerprint density at radius 3 is 2.58 bits per heavy atom.